The number of halogens is 1. The maximum atomic E-state index is 12.4. The summed E-state index contributed by atoms with van der Waals surface area (Å²) in [5, 5.41) is 1.12. The van der Waals surface area contributed by atoms with Crippen molar-refractivity contribution in [1.29, 1.82) is 0 Å². The summed E-state index contributed by atoms with van der Waals surface area (Å²) in [6, 6.07) is 9.63. The first-order valence-corrected chi connectivity index (χ1v) is 10.7. The largest absolute Gasteiger partial charge is 0.360 e. The van der Waals surface area contributed by atoms with Crippen LogP contribution in [-0.4, -0.2) is 47.5 Å². The molecule has 144 valence electrons. The van der Waals surface area contributed by atoms with Gasteiger partial charge in [0, 0.05) is 44.1 Å². The molecular weight excluding hydrogens is 380 g/mol. The van der Waals surface area contributed by atoms with Crippen LogP contribution in [0.25, 0.3) is 0 Å². The highest BCUT2D eigenvalue weighted by Crippen LogP contribution is 2.24. The van der Waals surface area contributed by atoms with Crippen LogP contribution in [0.5, 0.6) is 0 Å². The lowest BCUT2D eigenvalue weighted by Gasteiger charge is -2.17. The van der Waals surface area contributed by atoms with E-state index in [1.807, 2.05) is 36.2 Å². The maximum Gasteiger partial charge on any atom is 0.253 e. The van der Waals surface area contributed by atoms with Crippen LogP contribution in [0.3, 0.4) is 0 Å². The third-order valence-electron chi connectivity index (χ3n) is 4.57. The van der Waals surface area contributed by atoms with Crippen LogP contribution in [-0.2, 0) is 5.75 Å². The summed E-state index contributed by atoms with van der Waals surface area (Å²) in [6.45, 7) is 4.80. The Morgan fingerprint density at radius 1 is 1.22 bits per heavy atom. The molecule has 0 spiro atoms. The van der Waals surface area contributed by atoms with Gasteiger partial charge in [0.1, 0.15) is 11.0 Å². The van der Waals surface area contributed by atoms with Crippen molar-refractivity contribution in [2.75, 3.05) is 31.6 Å². The SMILES string of the molecule is CCCN(C)c1cc(Cl)nc(SCc2ccc(C(=O)N3CCCC3)cc2)n1. The molecule has 1 aliphatic heterocycles. The predicted octanol–water partition coefficient (Wildman–Crippen LogP) is 4.50. The molecule has 2 heterocycles. The van der Waals surface area contributed by atoms with E-state index in [2.05, 4.69) is 21.8 Å². The van der Waals surface area contributed by atoms with E-state index in [0.717, 1.165) is 61.6 Å². The van der Waals surface area contributed by atoms with Crippen molar-refractivity contribution in [1.82, 2.24) is 14.9 Å². The number of carbonyl (C=O) groups excluding carboxylic acids is 1. The molecule has 0 saturated carbocycles. The minimum absolute atomic E-state index is 0.133. The van der Waals surface area contributed by atoms with Gasteiger partial charge in [-0.2, -0.15) is 0 Å². The van der Waals surface area contributed by atoms with Crippen molar-refractivity contribution < 1.29 is 4.79 Å². The first kappa shape index (κ1) is 20.0. The fourth-order valence-electron chi connectivity index (χ4n) is 3.09. The van der Waals surface area contributed by atoms with Crippen molar-refractivity contribution >= 4 is 35.1 Å². The Labute approximate surface area is 170 Å². The molecule has 1 aromatic carbocycles. The summed E-state index contributed by atoms with van der Waals surface area (Å²) in [4.78, 5) is 25.3. The summed E-state index contributed by atoms with van der Waals surface area (Å²) in [5.74, 6) is 1.70. The third kappa shape index (κ3) is 5.36. The topological polar surface area (TPSA) is 49.3 Å². The number of aromatic nitrogens is 2. The second-order valence-electron chi connectivity index (χ2n) is 6.74. The fourth-order valence-corrected chi connectivity index (χ4v) is 4.13. The van der Waals surface area contributed by atoms with Gasteiger partial charge < -0.3 is 9.80 Å². The summed E-state index contributed by atoms with van der Waals surface area (Å²) in [7, 11) is 2.01. The Bertz CT molecular complexity index is 778. The van der Waals surface area contributed by atoms with Crippen LogP contribution >= 0.6 is 23.4 Å². The second kappa shape index (κ2) is 9.42. The molecule has 1 fully saturated rings. The molecule has 27 heavy (non-hydrogen) atoms. The number of carbonyl (C=O) groups is 1. The van der Waals surface area contributed by atoms with Gasteiger partial charge in [0.15, 0.2) is 5.16 Å². The van der Waals surface area contributed by atoms with Gasteiger partial charge in [-0.3, -0.25) is 4.79 Å². The van der Waals surface area contributed by atoms with E-state index >= 15 is 0 Å². The maximum absolute atomic E-state index is 12.4. The summed E-state index contributed by atoms with van der Waals surface area (Å²) in [5.41, 5.74) is 1.89. The highest BCUT2D eigenvalue weighted by molar-refractivity contribution is 7.98. The van der Waals surface area contributed by atoms with Gasteiger partial charge in [0.2, 0.25) is 0 Å². The molecule has 0 radical (unpaired) electrons. The van der Waals surface area contributed by atoms with Crippen LogP contribution in [0.1, 0.15) is 42.1 Å². The van der Waals surface area contributed by atoms with Crippen LogP contribution < -0.4 is 4.90 Å². The first-order chi connectivity index (χ1) is 13.1. The lowest BCUT2D eigenvalue weighted by Crippen LogP contribution is -2.27. The molecule has 1 aromatic heterocycles. The number of rotatable bonds is 7. The normalized spacial score (nSPS) is 13.8. The van der Waals surface area contributed by atoms with Gasteiger partial charge in [-0.15, -0.1) is 0 Å². The zero-order chi connectivity index (χ0) is 19.2. The molecular formula is C20H25ClN4OS. The Kier molecular flexibility index (Phi) is 6.96. The minimum atomic E-state index is 0.133. The highest BCUT2D eigenvalue weighted by Gasteiger charge is 2.19. The number of benzene rings is 1. The van der Waals surface area contributed by atoms with Gasteiger partial charge >= 0.3 is 0 Å². The van der Waals surface area contributed by atoms with Crippen molar-refractivity contribution in [3.05, 3.63) is 46.6 Å². The van der Waals surface area contributed by atoms with E-state index in [4.69, 9.17) is 11.6 Å². The van der Waals surface area contributed by atoms with Gasteiger partial charge in [-0.05, 0) is 37.0 Å². The molecule has 1 amide bonds. The predicted molar refractivity (Wildman–Crippen MR) is 112 cm³/mol. The second-order valence-corrected chi connectivity index (χ2v) is 8.07. The third-order valence-corrected chi connectivity index (χ3v) is 5.69. The quantitative estimate of drug-likeness (QED) is 0.386. The number of likely N-dealkylation sites (tertiary alicyclic amines) is 1. The molecule has 5 nitrogen and oxygen atoms in total. The molecule has 1 aliphatic rings. The molecule has 0 atom stereocenters. The number of nitrogens with zero attached hydrogens (tertiary/aromatic N) is 4. The van der Waals surface area contributed by atoms with E-state index in [1.54, 1.807) is 17.8 Å². The van der Waals surface area contributed by atoms with Gasteiger partial charge in [0.25, 0.3) is 5.91 Å². The monoisotopic (exact) mass is 404 g/mol. The van der Waals surface area contributed by atoms with Crippen LogP contribution in [0, 0.1) is 0 Å². The zero-order valence-electron chi connectivity index (χ0n) is 15.8. The van der Waals surface area contributed by atoms with E-state index in [0.29, 0.717) is 10.3 Å². The fraction of sp³-hybridized carbons (Fsp3) is 0.450. The van der Waals surface area contributed by atoms with E-state index in [1.165, 1.54) is 0 Å². The van der Waals surface area contributed by atoms with Crippen molar-refractivity contribution in [2.24, 2.45) is 0 Å². The number of amides is 1. The number of hydrogen-bond acceptors (Lipinski definition) is 5. The molecule has 2 aromatic rings. The summed E-state index contributed by atoms with van der Waals surface area (Å²) >= 11 is 7.71. The van der Waals surface area contributed by atoms with Crippen molar-refractivity contribution in [2.45, 2.75) is 37.1 Å². The molecule has 0 aliphatic carbocycles. The van der Waals surface area contributed by atoms with E-state index < -0.39 is 0 Å². The van der Waals surface area contributed by atoms with Crippen LogP contribution in [0.2, 0.25) is 5.15 Å². The Morgan fingerprint density at radius 2 is 1.93 bits per heavy atom. The lowest BCUT2D eigenvalue weighted by atomic mass is 10.1. The number of hydrogen-bond donors (Lipinski definition) is 0. The molecule has 1 saturated heterocycles. The lowest BCUT2D eigenvalue weighted by molar-refractivity contribution is 0.0793. The Balaban J connectivity index is 1.62. The average Bonchev–Trinajstić information content (AvgIpc) is 3.21. The average molecular weight is 405 g/mol. The molecule has 0 bridgehead atoms. The van der Waals surface area contributed by atoms with Gasteiger partial charge in [-0.25, -0.2) is 9.97 Å². The van der Waals surface area contributed by atoms with E-state index in [-0.39, 0.29) is 5.91 Å². The number of anilines is 1. The van der Waals surface area contributed by atoms with Crippen molar-refractivity contribution in [3.63, 3.8) is 0 Å². The molecule has 0 unspecified atom stereocenters. The number of thioether (sulfide) groups is 1. The van der Waals surface area contributed by atoms with Crippen molar-refractivity contribution in [3.8, 4) is 0 Å². The molecule has 7 heteroatoms. The molecule has 3 rings (SSSR count). The highest BCUT2D eigenvalue weighted by atomic mass is 35.5. The smallest absolute Gasteiger partial charge is 0.253 e. The van der Waals surface area contributed by atoms with Crippen LogP contribution in [0.15, 0.2) is 35.5 Å². The minimum Gasteiger partial charge on any atom is -0.360 e. The van der Waals surface area contributed by atoms with Gasteiger partial charge in [-0.1, -0.05) is 42.4 Å². The van der Waals surface area contributed by atoms with Gasteiger partial charge in [0.05, 0.1) is 0 Å². The summed E-state index contributed by atoms with van der Waals surface area (Å²) in [6.07, 6.45) is 3.26. The Hall–Kier alpha value is -1.79. The standard InChI is InChI=1S/C20H25ClN4OS/c1-3-10-24(2)18-13-17(21)22-20(23-18)27-14-15-6-8-16(9-7-15)19(26)25-11-4-5-12-25/h6-9,13H,3-5,10-12,14H2,1-2H3. The zero-order valence-corrected chi connectivity index (χ0v) is 17.4. The molecule has 0 N–H and O–H groups in total. The summed E-state index contributed by atoms with van der Waals surface area (Å²) < 4.78 is 0. The first-order valence-electron chi connectivity index (χ1n) is 9.33. The van der Waals surface area contributed by atoms with E-state index in [9.17, 15) is 4.79 Å². The Morgan fingerprint density at radius 3 is 2.59 bits per heavy atom. The van der Waals surface area contributed by atoms with Crippen LogP contribution in [0.4, 0.5) is 5.82 Å².